The summed E-state index contributed by atoms with van der Waals surface area (Å²) in [6, 6.07) is -1.93. The lowest BCUT2D eigenvalue weighted by atomic mass is 10.3. The third-order valence-corrected chi connectivity index (χ3v) is 1.21. The fourth-order valence-corrected chi connectivity index (χ4v) is 0.648. The summed E-state index contributed by atoms with van der Waals surface area (Å²) in [5, 5.41) is 21.5. The van der Waals surface area contributed by atoms with Gasteiger partial charge in [-0.15, -0.1) is 0 Å². The molecule has 13 heavy (non-hydrogen) atoms. The highest BCUT2D eigenvalue weighted by Gasteiger charge is 2.18. The lowest BCUT2D eigenvalue weighted by Crippen LogP contribution is -2.49. The van der Waals surface area contributed by atoms with E-state index in [9.17, 15) is 9.59 Å². The van der Waals surface area contributed by atoms with E-state index in [-0.39, 0.29) is 6.04 Å². The van der Waals surface area contributed by atoms with Gasteiger partial charge in [0, 0.05) is 6.04 Å². The molecule has 0 aromatic carbocycles. The number of carbonyl (C=O) groups is 2. The Balaban J connectivity index is 3.94. The third kappa shape index (κ3) is 5.02. The number of amides is 2. The van der Waals surface area contributed by atoms with Crippen LogP contribution in [0.2, 0.25) is 0 Å². The van der Waals surface area contributed by atoms with Crippen molar-refractivity contribution < 1.29 is 19.8 Å². The largest absolute Gasteiger partial charge is 0.480 e. The van der Waals surface area contributed by atoms with Gasteiger partial charge in [-0.2, -0.15) is 0 Å². The summed E-state index contributed by atoms with van der Waals surface area (Å²) in [6.07, 6.45) is 0. The Hall–Kier alpha value is -1.30. The van der Waals surface area contributed by atoms with Crippen LogP contribution in [0.1, 0.15) is 13.8 Å². The molecule has 6 nitrogen and oxygen atoms in total. The van der Waals surface area contributed by atoms with E-state index in [1.807, 2.05) is 0 Å². The minimum atomic E-state index is -1.26. The quantitative estimate of drug-likeness (QED) is 0.463. The van der Waals surface area contributed by atoms with Crippen molar-refractivity contribution in [3.8, 4) is 0 Å². The molecule has 0 fully saturated rings. The Morgan fingerprint density at radius 2 is 1.85 bits per heavy atom. The Morgan fingerprint density at radius 1 is 1.31 bits per heavy atom. The molecule has 0 aliphatic heterocycles. The van der Waals surface area contributed by atoms with Gasteiger partial charge in [0.05, 0.1) is 6.61 Å². The first kappa shape index (κ1) is 11.7. The molecule has 4 N–H and O–H groups in total. The van der Waals surface area contributed by atoms with Gasteiger partial charge in [-0.05, 0) is 13.8 Å². The van der Waals surface area contributed by atoms with Crippen molar-refractivity contribution in [1.29, 1.82) is 0 Å². The number of rotatable bonds is 4. The zero-order chi connectivity index (χ0) is 10.4. The lowest BCUT2D eigenvalue weighted by molar-refractivity contribution is -0.140. The molecule has 0 aromatic rings. The number of aliphatic hydroxyl groups excluding tert-OH is 1. The van der Waals surface area contributed by atoms with Crippen LogP contribution >= 0.6 is 0 Å². The molecule has 0 aliphatic carbocycles. The van der Waals surface area contributed by atoms with E-state index in [1.165, 1.54) is 0 Å². The first-order valence-electron chi connectivity index (χ1n) is 3.88. The predicted octanol–water partition coefficient (Wildman–Crippen LogP) is -0.861. The van der Waals surface area contributed by atoms with Gasteiger partial charge in [-0.25, -0.2) is 9.59 Å². The molecule has 0 spiro atoms. The SMILES string of the molecule is CC(C)NC(=O)N[C@@H](CO)C(=O)O. The summed E-state index contributed by atoms with van der Waals surface area (Å²) in [5.41, 5.74) is 0. The molecule has 0 saturated carbocycles. The van der Waals surface area contributed by atoms with Crippen LogP contribution in [0, 0.1) is 0 Å². The van der Waals surface area contributed by atoms with Crippen LogP contribution in [0.5, 0.6) is 0 Å². The summed E-state index contributed by atoms with van der Waals surface area (Å²) >= 11 is 0. The molecule has 0 radical (unpaired) electrons. The second-order valence-electron chi connectivity index (χ2n) is 2.85. The number of carboxylic acids is 1. The average molecular weight is 190 g/mol. The van der Waals surface area contributed by atoms with Crippen LogP contribution in [0.15, 0.2) is 0 Å². The van der Waals surface area contributed by atoms with Crippen LogP contribution in [0.25, 0.3) is 0 Å². The molecule has 0 rings (SSSR count). The average Bonchev–Trinajstić information content (AvgIpc) is 1.98. The standard InChI is InChI=1S/C7H14N2O4/c1-4(2)8-7(13)9-5(3-10)6(11)12/h4-5,10H,3H2,1-2H3,(H,11,12)(H2,8,9,13)/t5-/m0/s1. The van der Waals surface area contributed by atoms with Crippen LogP contribution in [-0.2, 0) is 4.79 Å². The number of carboxylic acid groups (broad SMARTS) is 1. The zero-order valence-electron chi connectivity index (χ0n) is 7.57. The molecular weight excluding hydrogens is 176 g/mol. The Kier molecular flexibility index (Phi) is 4.83. The highest BCUT2D eigenvalue weighted by atomic mass is 16.4. The van der Waals surface area contributed by atoms with E-state index < -0.39 is 24.6 Å². The number of hydrogen-bond donors (Lipinski definition) is 4. The van der Waals surface area contributed by atoms with Gasteiger partial charge in [0.2, 0.25) is 0 Å². The molecule has 0 bridgehead atoms. The fourth-order valence-electron chi connectivity index (χ4n) is 0.648. The van der Waals surface area contributed by atoms with Crippen LogP contribution in [0.4, 0.5) is 4.79 Å². The smallest absolute Gasteiger partial charge is 0.328 e. The monoisotopic (exact) mass is 190 g/mol. The van der Waals surface area contributed by atoms with E-state index in [0.717, 1.165) is 0 Å². The lowest BCUT2D eigenvalue weighted by Gasteiger charge is -2.14. The van der Waals surface area contributed by atoms with Crippen molar-refractivity contribution in [1.82, 2.24) is 10.6 Å². The minimum absolute atomic E-state index is 0.0758. The predicted molar refractivity (Wildman–Crippen MR) is 45.3 cm³/mol. The molecule has 0 aromatic heterocycles. The van der Waals surface area contributed by atoms with Gasteiger partial charge in [-0.3, -0.25) is 0 Å². The number of carbonyl (C=O) groups excluding carboxylic acids is 1. The second kappa shape index (κ2) is 5.36. The van der Waals surface area contributed by atoms with Crippen molar-refractivity contribution in [3.05, 3.63) is 0 Å². The highest BCUT2D eigenvalue weighted by molar-refractivity contribution is 5.82. The first-order valence-corrected chi connectivity index (χ1v) is 3.88. The second-order valence-corrected chi connectivity index (χ2v) is 2.85. The van der Waals surface area contributed by atoms with E-state index in [4.69, 9.17) is 10.2 Å². The summed E-state index contributed by atoms with van der Waals surface area (Å²) in [5.74, 6) is -1.26. The van der Waals surface area contributed by atoms with Crippen molar-refractivity contribution in [2.75, 3.05) is 6.61 Å². The van der Waals surface area contributed by atoms with Gasteiger partial charge < -0.3 is 20.8 Å². The zero-order valence-corrected chi connectivity index (χ0v) is 7.57. The van der Waals surface area contributed by atoms with Crippen LogP contribution in [-0.4, -0.2) is 40.9 Å². The summed E-state index contributed by atoms with van der Waals surface area (Å²) in [6.45, 7) is 2.86. The Labute approximate surface area is 75.9 Å². The Bertz CT molecular complexity index is 193. The topological polar surface area (TPSA) is 98.7 Å². The van der Waals surface area contributed by atoms with Gasteiger partial charge in [-0.1, -0.05) is 0 Å². The van der Waals surface area contributed by atoms with Gasteiger partial charge in [0.15, 0.2) is 6.04 Å². The number of hydrogen-bond acceptors (Lipinski definition) is 3. The maximum absolute atomic E-state index is 10.9. The van der Waals surface area contributed by atoms with Gasteiger partial charge in [0.1, 0.15) is 0 Å². The molecule has 0 aliphatic rings. The van der Waals surface area contributed by atoms with Gasteiger partial charge in [0.25, 0.3) is 0 Å². The molecule has 1 atom stereocenters. The van der Waals surface area contributed by atoms with Crippen molar-refractivity contribution in [2.24, 2.45) is 0 Å². The fraction of sp³-hybridized carbons (Fsp3) is 0.714. The number of urea groups is 1. The molecule has 0 unspecified atom stereocenters. The summed E-state index contributed by atoms with van der Waals surface area (Å²) in [7, 11) is 0. The number of aliphatic carboxylic acids is 1. The van der Waals surface area contributed by atoms with Crippen molar-refractivity contribution in [3.63, 3.8) is 0 Å². The molecule has 6 heteroatoms. The molecule has 76 valence electrons. The van der Waals surface area contributed by atoms with Crippen LogP contribution < -0.4 is 10.6 Å². The normalized spacial score (nSPS) is 12.3. The molecular formula is C7H14N2O4. The Morgan fingerprint density at radius 3 is 2.15 bits per heavy atom. The first-order chi connectivity index (χ1) is 5.97. The minimum Gasteiger partial charge on any atom is -0.480 e. The number of nitrogens with one attached hydrogen (secondary N) is 2. The van der Waals surface area contributed by atoms with Crippen LogP contribution in [0.3, 0.4) is 0 Å². The molecule has 0 heterocycles. The maximum atomic E-state index is 10.9. The molecule has 2 amide bonds. The van der Waals surface area contributed by atoms with Crippen molar-refractivity contribution in [2.45, 2.75) is 25.9 Å². The maximum Gasteiger partial charge on any atom is 0.328 e. The van der Waals surface area contributed by atoms with E-state index in [1.54, 1.807) is 13.8 Å². The van der Waals surface area contributed by atoms with Gasteiger partial charge >= 0.3 is 12.0 Å². The van der Waals surface area contributed by atoms with E-state index in [0.29, 0.717) is 0 Å². The highest BCUT2D eigenvalue weighted by Crippen LogP contribution is 1.83. The molecule has 0 saturated heterocycles. The van der Waals surface area contributed by atoms with Crippen molar-refractivity contribution >= 4 is 12.0 Å². The third-order valence-electron chi connectivity index (χ3n) is 1.21. The number of aliphatic hydroxyl groups is 1. The summed E-state index contributed by atoms with van der Waals surface area (Å²) < 4.78 is 0. The van der Waals surface area contributed by atoms with E-state index >= 15 is 0 Å². The summed E-state index contributed by atoms with van der Waals surface area (Å²) in [4.78, 5) is 21.3. The van der Waals surface area contributed by atoms with E-state index in [2.05, 4.69) is 10.6 Å².